The lowest BCUT2D eigenvalue weighted by atomic mass is 10.2. The average Bonchev–Trinajstić information content (AvgIpc) is 2.62. The number of carbonyl (C=O) groups excluding carboxylic acids is 1. The first-order chi connectivity index (χ1) is 12.0. The lowest BCUT2D eigenvalue weighted by Gasteiger charge is -2.14. The first kappa shape index (κ1) is 17.5. The van der Waals surface area contributed by atoms with Crippen LogP contribution in [0.5, 0.6) is 0 Å². The van der Waals surface area contributed by atoms with Crippen molar-refractivity contribution in [3.8, 4) is 5.69 Å². The Balaban J connectivity index is 2.26. The summed E-state index contributed by atoms with van der Waals surface area (Å²) in [4.78, 5) is 29.1. The number of nitrogens with one attached hydrogen (secondary N) is 1. The van der Waals surface area contributed by atoms with E-state index in [9.17, 15) is 9.59 Å². The highest BCUT2D eigenvalue weighted by Gasteiger charge is 2.16. The number of amides is 1. The zero-order valence-corrected chi connectivity index (χ0v) is 14.9. The predicted octanol–water partition coefficient (Wildman–Crippen LogP) is 2.43. The van der Waals surface area contributed by atoms with E-state index in [0.717, 1.165) is 17.3 Å². The molecule has 8 heteroatoms. The van der Waals surface area contributed by atoms with Crippen LogP contribution in [0.3, 0.4) is 0 Å². The van der Waals surface area contributed by atoms with Gasteiger partial charge in [-0.15, -0.1) is 0 Å². The fourth-order valence-electron chi connectivity index (χ4n) is 2.39. The van der Waals surface area contributed by atoms with Gasteiger partial charge in [-0.3, -0.25) is 19.6 Å². The number of aromatic nitrogens is 2. The van der Waals surface area contributed by atoms with Gasteiger partial charge >= 0.3 is 0 Å². The van der Waals surface area contributed by atoms with Crippen LogP contribution in [0.15, 0.2) is 52.4 Å². The number of nitrogens with zero attached hydrogens (tertiary/aromatic N) is 2. The molecular weight excluding hydrogens is 360 g/mol. The molecular formula is C17H15ClN4O2S. The molecule has 0 spiro atoms. The van der Waals surface area contributed by atoms with E-state index in [2.05, 4.69) is 10.4 Å². The summed E-state index contributed by atoms with van der Waals surface area (Å²) in [5.74, 6) is 4.79. The maximum Gasteiger partial charge on any atom is 0.266 e. The number of fused-ring (bicyclic) bond motifs is 1. The summed E-state index contributed by atoms with van der Waals surface area (Å²) in [6.07, 6.45) is 0. The van der Waals surface area contributed by atoms with E-state index >= 15 is 0 Å². The largest absolute Gasteiger partial charge is 0.294 e. The van der Waals surface area contributed by atoms with Crippen LogP contribution >= 0.6 is 23.4 Å². The number of para-hydroxylation sites is 1. The number of hydrazine groups is 1. The van der Waals surface area contributed by atoms with Crippen LogP contribution in [0.2, 0.25) is 5.02 Å². The minimum atomic E-state index is -0.366. The van der Waals surface area contributed by atoms with Gasteiger partial charge in [0.05, 0.1) is 27.4 Å². The number of thioether (sulfide) groups is 1. The van der Waals surface area contributed by atoms with Crippen LogP contribution in [-0.2, 0) is 4.79 Å². The van der Waals surface area contributed by atoms with E-state index in [4.69, 9.17) is 17.4 Å². The molecule has 1 heterocycles. The van der Waals surface area contributed by atoms with E-state index in [0.29, 0.717) is 26.8 Å². The number of aryl methyl sites for hydroxylation is 1. The number of hydrogen-bond acceptors (Lipinski definition) is 5. The summed E-state index contributed by atoms with van der Waals surface area (Å²) in [6.45, 7) is 1.91. The highest BCUT2D eigenvalue weighted by molar-refractivity contribution is 7.99. The number of rotatable bonds is 4. The van der Waals surface area contributed by atoms with Gasteiger partial charge in [-0.2, -0.15) is 0 Å². The first-order valence-corrected chi connectivity index (χ1v) is 8.78. The molecule has 3 N–H and O–H groups in total. The number of halogens is 1. The van der Waals surface area contributed by atoms with Gasteiger partial charge in [-0.1, -0.05) is 41.6 Å². The lowest BCUT2D eigenvalue weighted by Crippen LogP contribution is -2.32. The quantitative estimate of drug-likeness (QED) is 0.241. The molecule has 0 aliphatic heterocycles. The van der Waals surface area contributed by atoms with Crippen molar-refractivity contribution in [3.63, 3.8) is 0 Å². The second-order valence-corrected chi connectivity index (χ2v) is 6.71. The van der Waals surface area contributed by atoms with Gasteiger partial charge in [0.15, 0.2) is 5.16 Å². The van der Waals surface area contributed by atoms with Crippen molar-refractivity contribution in [2.45, 2.75) is 12.1 Å². The third-order valence-electron chi connectivity index (χ3n) is 3.58. The molecule has 128 valence electrons. The molecule has 0 radical (unpaired) electrons. The number of carbonyl (C=O) groups is 1. The number of benzene rings is 2. The van der Waals surface area contributed by atoms with Gasteiger partial charge in [0.1, 0.15) is 0 Å². The van der Waals surface area contributed by atoms with Crippen molar-refractivity contribution in [3.05, 3.63) is 63.4 Å². The monoisotopic (exact) mass is 374 g/mol. The van der Waals surface area contributed by atoms with Crippen LogP contribution in [0, 0.1) is 6.92 Å². The minimum Gasteiger partial charge on any atom is -0.294 e. The molecule has 25 heavy (non-hydrogen) atoms. The molecule has 0 saturated heterocycles. The summed E-state index contributed by atoms with van der Waals surface area (Å²) < 4.78 is 1.44. The van der Waals surface area contributed by atoms with Crippen LogP contribution in [0.25, 0.3) is 16.6 Å². The molecule has 1 amide bonds. The van der Waals surface area contributed by atoms with Crippen molar-refractivity contribution in [1.29, 1.82) is 0 Å². The minimum absolute atomic E-state index is 0.0325. The topological polar surface area (TPSA) is 90.0 Å². The molecule has 0 unspecified atom stereocenters. The fourth-order valence-corrected chi connectivity index (χ4v) is 3.41. The number of hydrogen-bond donors (Lipinski definition) is 2. The van der Waals surface area contributed by atoms with E-state index in [-0.39, 0.29) is 17.2 Å². The summed E-state index contributed by atoms with van der Waals surface area (Å²) in [5, 5.41) is 1.28. The summed E-state index contributed by atoms with van der Waals surface area (Å²) in [6, 6.07) is 12.5. The highest BCUT2D eigenvalue weighted by Crippen LogP contribution is 2.26. The zero-order chi connectivity index (χ0) is 18.0. The second kappa shape index (κ2) is 7.26. The molecule has 0 aliphatic carbocycles. The molecule has 0 aliphatic rings. The molecule has 2 aromatic carbocycles. The maximum atomic E-state index is 13.1. The Morgan fingerprint density at radius 2 is 2.08 bits per heavy atom. The van der Waals surface area contributed by atoms with Crippen LogP contribution in [0.1, 0.15) is 5.56 Å². The van der Waals surface area contributed by atoms with Gasteiger partial charge in [-0.05, 0) is 36.8 Å². The van der Waals surface area contributed by atoms with Gasteiger partial charge in [0.2, 0.25) is 5.91 Å². The Bertz CT molecular complexity index is 1020. The summed E-state index contributed by atoms with van der Waals surface area (Å²) in [5.41, 5.74) is 3.86. The van der Waals surface area contributed by atoms with Crippen LogP contribution < -0.4 is 16.8 Å². The van der Waals surface area contributed by atoms with Gasteiger partial charge in [-0.25, -0.2) is 10.8 Å². The Kier molecular flexibility index (Phi) is 5.08. The SMILES string of the molecule is Cc1ccc(Cl)c(-n2c(SCC(=O)NN)nc3ccccc3c2=O)c1. The van der Waals surface area contributed by atoms with E-state index in [1.54, 1.807) is 30.3 Å². The summed E-state index contributed by atoms with van der Waals surface area (Å²) in [7, 11) is 0. The normalized spacial score (nSPS) is 10.8. The lowest BCUT2D eigenvalue weighted by molar-refractivity contribution is -0.118. The molecule has 0 fully saturated rings. The van der Waals surface area contributed by atoms with Crippen molar-refractivity contribution in [2.24, 2.45) is 5.84 Å². The van der Waals surface area contributed by atoms with Crippen LogP contribution in [-0.4, -0.2) is 21.2 Å². The molecule has 6 nitrogen and oxygen atoms in total. The van der Waals surface area contributed by atoms with Gasteiger partial charge < -0.3 is 0 Å². The fraction of sp³-hybridized carbons (Fsp3) is 0.118. The van der Waals surface area contributed by atoms with E-state index in [1.807, 2.05) is 19.1 Å². The van der Waals surface area contributed by atoms with Crippen molar-refractivity contribution in [2.75, 3.05) is 5.75 Å². The van der Waals surface area contributed by atoms with Crippen molar-refractivity contribution in [1.82, 2.24) is 15.0 Å². The van der Waals surface area contributed by atoms with Gasteiger partial charge in [0, 0.05) is 0 Å². The second-order valence-electron chi connectivity index (χ2n) is 5.36. The molecule has 1 aromatic heterocycles. The predicted molar refractivity (Wildman–Crippen MR) is 100 cm³/mol. The smallest absolute Gasteiger partial charge is 0.266 e. The Labute approximate surface area is 153 Å². The third-order valence-corrected chi connectivity index (χ3v) is 4.84. The van der Waals surface area contributed by atoms with Crippen LogP contribution in [0.4, 0.5) is 0 Å². The number of nitrogens with two attached hydrogens (primary N) is 1. The summed E-state index contributed by atoms with van der Waals surface area (Å²) >= 11 is 7.44. The first-order valence-electron chi connectivity index (χ1n) is 7.42. The van der Waals surface area contributed by atoms with Crippen molar-refractivity contribution < 1.29 is 4.79 Å². The van der Waals surface area contributed by atoms with Crippen molar-refractivity contribution >= 4 is 40.2 Å². The average molecular weight is 375 g/mol. The Morgan fingerprint density at radius 1 is 1.32 bits per heavy atom. The molecule has 3 aromatic rings. The molecule has 0 atom stereocenters. The maximum absolute atomic E-state index is 13.1. The van der Waals surface area contributed by atoms with E-state index < -0.39 is 0 Å². The van der Waals surface area contributed by atoms with Gasteiger partial charge in [0.25, 0.3) is 5.56 Å². The molecule has 0 saturated carbocycles. The Hall–Kier alpha value is -2.35. The highest BCUT2D eigenvalue weighted by atomic mass is 35.5. The standard InChI is InChI=1S/C17H15ClN4O2S/c1-10-6-7-12(18)14(8-10)22-16(24)11-4-2-3-5-13(11)20-17(22)25-9-15(23)21-19/h2-8H,9,19H2,1H3,(H,21,23). The Morgan fingerprint density at radius 3 is 2.84 bits per heavy atom. The molecule has 0 bridgehead atoms. The third kappa shape index (κ3) is 3.53. The molecule has 3 rings (SSSR count). The zero-order valence-electron chi connectivity index (χ0n) is 13.3. The van der Waals surface area contributed by atoms with E-state index in [1.165, 1.54) is 4.57 Å².